The van der Waals surface area contributed by atoms with Crippen LogP contribution in [0.1, 0.15) is 36.4 Å². The number of carbonyl (C=O) groups excluding carboxylic acids is 1. The van der Waals surface area contributed by atoms with E-state index < -0.39 is 5.97 Å². The first kappa shape index (κ1) is 21.2. The molecule has 2 aromatic heterocycles. The number of hydrogen-bond donors (Lipinski definition) is 3. The predicted octanol–water partition coefficient (Wildman–Crippen LogP) is 2.16. The minimum Gasteiger partial charge on any atom is -0.481 e. The molecule has 9 heteroatoms. The number of thioether (sulfide) groups is 1. The zero-order valence-corrected chi connectivity index (χ0v) is 16.7. The smallest absolute Gasteiger partial charge is 0.313 e. The fraction of sp³-hybridized carbons (Fsp3) is 0.444. The Hall–Kier alpha value is -2.15. The average Bonchev–Trinajstić information content (AvgIpc) is 3.03. The van der Waals surface area contributed by atoms with Crippen LogP contribution in [0.15, 0.2) is 11.1 Å². The largest absolute Gasteiger partial charge is 0.481 e. The Labute approximate surface area is 166 Å². The molecule has 0 fully saturated rings. The van der Waals surface area contributed by atoms with Crippen molar-refractivity contribution in [1.82, 2.24) is 15.3 Å². The molecule has 27 heavy (non-hydrogen) atoms. The number of hydrogen-bond acceptors (Lipinski definition) is 7. The molecule has 2 aromatic rings. The van der Waals surface area contributed by atoms with Gasteiger partial charge in [0.05, 0.1) is 17.2 Å². The van der Waals surface area contributed by atoms with Crippen LogP contribution in [-0.4, -0.2) is 45.8 Å². The van der Waals surface area contributed by atoms with Crippen molar-refractivity contribution in [3.05, 3.63) is 16.8 Å². The minimum absolute atomic E-state index is 0.00786. The molecule has 0 atom stereocenters. The number of aromatic nitrogens is 2. The van der Waals surface area contributed by atoms with Crippen molar-refractivity contribution >= 4 is 45.2 Å². The van der Waals surface area contributed by atoms with Gasteiger partial charge in [-0.1, -0.05) is 30.0 Å². The van der Waals surface area contributed by atoms with E-state index in [1.165, 1.54) is 23.1 Å². The molecule has 144 valence electrons. The summed E-state index contributed by atoms with van der Waals surface area (Å²) in [7, 11) is 0. The Balaban J connectivity index is 1.96. The summed E-state index contributed by atoms with van der Waals surface area (Å²) in [4.78, 5) is 32.8. The Morgan fingerprint density at radius 3 is 2.89 bits per heavy atom. The Morgan fingerprint density at radius 2 is 2.15 bits per heavy atom. The number of carboxylic acid groups (broad SMARTS) is 1. The zero-order chi connectivity index (χ0) is 19.6. The SMILES string of the molecule is Cc1nc(SCC(=O)O)c2cc(C#CCNC(=O)CCCCCN)sc2n1. The molecule has 0 bridgehead atoms. The van der Waals surface area contributed by atoms with Crippen LogP contribution in [0.3, 0.4) is 0 Å². The fourth-order valence-corrected chi connectivity index (χ4v) is 4.05. The van der Waals surface area contributed by atoms with Gasteiger partial charge in [-0.05, 0) is 32.4 Å². The first-order valence-corrected chi connectivity index (χ1v) is 10.4. The molecular formula is C18H22N4O3S2. The Morgan fingerprint density at radius 1 is 1.33 bits per heavy atom. The number of rotatable bonds is 9. The first-order chi connectivity index (χ1) is 13.0. The van der Waals surface area contributed by atoms with E-state index in [1.807, 2.05) is 6.07 Å². The molecule has 4 N–H and O–H groups in total. The van der Waals surface area contributed by atoms with Crippen LogP contribution in [0.2, 0.25) is 0 Å². The van der Waals surface area contributed by atoms with E-state index in [0.29, 0.717) is 23.8 Å². The van der Waals surface area contributed by atoms with E-state index in [1.54, 1.807) is 6.92 Å². The van der Waals surface area contributed by atoms with Gasteiger partial charge in [0.25, 0.3) is 0 Å². The van der Waals surface area contributed by atoms with Gasteiger partial charge in [0, 0.05) is 11.8 Å². The maximum absolute atomic E-state index is 11.7. The van der Waals surface area contributed by atoms with Gasteiger partial charge in [-0.25, -0.2) is 9.97 Å². The summed E-state index contributed by atoms with van der Waals surface area (Å²) in [5, 5.41) is 13.1. The summed E-state index contributed by atoms with van der Waals surface area (Å²) < 4.78 is 0. The average molecular weight is 407 g/mol. The second kappa shape index (κ2) is 10.9. The highest BCUT2D eigenvalue weighted by atomic mass is 32.2. The standard InChI is InChI=1S/C18H22N4O3S2/c1-12-21-17(26-11-16(24)25)14-10-13(27-18(14)22-12)6-5-9-20-15(23)7-3-2-4-8-19/h10H,2-4,7-9,11,19H2,1H3,(H,20,23)(H,24,25). The number of carbonyl (C=O) groups is 2. The number of thiophene rings is 1. The molecule has 0 aliphatic heterocycles. The summed E-state index contributed by atoms with van der Waals surface area (Å²) in [5.41, 5.74) is 5.42. The van der Waals surface area contributed by atoms with Gasteiger partial charge >= 0.3 is 5.97 Å². The topological polar surface area (TPSA) is 118 Å². The van der Waals surface area contributed by atoms with E-state index >= 15 is 0 Å². The van der Waals surface area contributed by atoms with Gasteiger partial charge in [-0.15, -0.1) is 11.3 Å². The van der Waals surface area contributed by atoms with Crippen LogP contribution in [0.5, 0.6) is 0 Å². The van der Waals surface area contributed by atoms with Gasteiger partial charge < -0.3 is 16.2 Å². The lowest BCUT2D eigenvalue weighted by molar-refractivity contribution is -0.134. The molecular weight excluding hydrogens is 384 g/mol. The normalized spacial score (nSPS) is 10.4. The van der Waals surface area contributed by atoms with Gasteiger partial charge in [-0.3, -0.25) is 9.59 Å². The number of fused-ring (bicyclic) bond motifs is 1. The lowest BCUT2D eigenvalue weighted by Crippen LogP contribution is -2.23. The molecule has 7 nitrogen and oxygen atoms in total. The molecule has 0 saturated heterocycles. The lowest BCUT2D eigenvalue weighted by Gasteiger charge is -2.00. The van der Waals surface area contributed by atoms with Crippen LogP contribution >= 0.6 is 23.1 Å². The molecule has 0 unspecified atom stereocenters. The van der Waals surface area contributed by atoms with Gasteiger partial charge in [0.2, 0.25) is 5.91 Å². The summed E-state index contributed by atoms with van der Waals surface area (Å²) >= 11 is 2.60. The van der Waals surface area contributed by atoms with Crippen LogP contribution < -0.4 is 11.1 Å². The molecule has 0 saturated carbocycles. The molecule has 0 aliphatic rings. The van der Waals surface area contributed by atoms with Crippen molar-refractivity contribution in [1.29, 1.82) is 0 Å². The number of aliphatic carboxylic acids is 1. The van der Waals surface area contributed by atoms with Crippen molar-refractivity contribution in [2.45, 2.75) is 37.6 Å². The van der Waals surface area contributed by atoms with Crippen LogP contribution in [0.25, 0.3) is 10.2 Å². The highest BCUT2D eigenvalue weighted by Crippen LogP contribution is 2.31. The van der Waals surface area contributed by atoms with Crippen molar-refractivity contribution < 1.29 is 14.7 Å². The second-order valence-electron chi connectivity index (χ2n) is 5.77. The maximum atomic E-state index is 11.7. The molecule has 2 rings (SSSR count). The van der Waals surface area contributed by atoms with Gasteiger partial charge in [-0.2, -0.15) is 0 Å². The van der Waals surface area contributed by atoms with Crippen LogP contribution in [-0.2, 0) is 9.59 Å². The van der Waals surface area contributed by atoms with Crippen molar-refractivity contribution in [2.24, 2.45) is 5.73 Å². The Bertz CT molecular complexity index is 871. The van der Waals surface area contributed by atoms with E-state index in [0.717, 1.165) is 34.4 Å². The number of unbranched alkanes of at least 4 members (excludes halogenated alkanes) is 2. The summed E-state index contributed by atoms with van der Waals surface area (Å²) in [6, 6.07) is 1.87. The van der Waals surface area contributed by atoms with Crippen molar-refractivity contribution in [3.63, 3.8) is 0 Å². The molecule has 0 radical (unpaired) electrons. The third-order valence-corrected chi connectivity index (χ3v) is 5.42. The molecule has 2 heterocycles. The van der Waals surface area contributed by atoms with Crippen molar-refractivity contribution in [2.75, 3.05) is 18.8 Å². The predicted molar refractivity (Wildman–Crippen MR) is 108 cm³/mol. The van der Waals surface area contributed by atoms with E-state index in [-0.39, 0.29) is 18.2 Å². The van der Waals surface area contributed by atoms with Gasteiger partial charge in [0.15, 0.2) is 0 Å². The number of nitrogens with zero attached hydrogens (tertiary/aromatic N) is 2. The number of carboxylic acids is 1. The van der Waals surface area contributed by atoms with E-state index in [9.17, 15) is 9.59 Å². The monoisotopic (exact) mass is 406 g/mol. The van der Waals surface area contributed by atoms with E-state index in [2.05, 4.69) is 27.1 Å². The molecule has 1 amide bonds. The highest BCUT2D eigenvalue weighted by Gasteiger charge is 2.11. The van der Waals surface area contributed by atoms with Crippen LogP contribution in [0, 0.1) is 18.8 Å². The number of nitrogens with two attached hydrogens (primary N) is 1. The highest BCUT2D eigenvalue weighted by molar-refractivity contribution is 8.00. The third-order valence-electron chi connectivity index (χ3n) is 3.50. The second-order valence-corrected chi connectivity index (χ2v) is 7.76. The third kappa shape index (κ3) is 7.17. The number of amides is 1. The molecule has 0 aromatic carbocycles. The molecule has 0 spiro atoms. The number of aryl methyl sites for hydroxylation is 1. The minimum atomic E-state index is -0.890. The van der Waals surface area contributed by atoms with Crippen molar-refractivity contribution in [3.8, 4) is 11.8 Å². The Kier molecular flexibility index (Phi) is 8.51. The number of nitrogens with one attached hydrogen (secondary N) is 1. The fourth-order valence-electron chi connectivity index (χ4n) is 2.27. The van der Waals surface area contributed by atoms with E-state index in [4.69, 9.17) is 10.8 Å². The van der Waals surface area contributed by atoms with Gasteiger partial charge in [0.1, 0.15) is 15.7 Å². The lowest BCUT2D eigenvalue weighted by atomic mass is 10.2. The summed E-state index contributed by atoms with van der Waals surface area (Å²) in [6.07, 6.45) is 3.22. The molecule has 0 aliphatic carbocycles. The summed E-state index contributed by atoms with van der Waals surface area (Å²) in [6.45, 7) is 2.72. The quantitative estimate of drug-likeness (QED) is 0.253. The zero-order valence-electron chi connectivity index (χ0n) is 15.1. The summed E-state index contributed by atoms with van der Waals surface area (Å²) in [5.74, 6) is 5.60. The van der Waals surface area contributed by atoms with Crippen LogP contribution in [0.4, 0.5) is 0 Å². The first-order valence-electron chi connectivity index (χ1n) is 8.58. The maximum Gasteiger partial charge on any atom is 0.313 e.